The van der Waals surface area contributed by atoms with Crippen molar-refractivity contribution in [1.82, 2.24) is 10.2 Å². The van der Waals surface area contributed by atoms with Gasteiger partial charge in [-0.2, -0.15) is 0 Å². The first kappa shape index (κ1) is 20.4. The fourth-order valence-electron chi connectivity index (χ4n) is 3.24. The van der Waals surface area contributed by atoms with E-state index in [4.69, 9.17) is 4.74 Å². The molecule has 3 rings (SSSR count). The monoisotopic (exact) mass is 445 g/mol. The average Bonchev–Trinajstić information content (AvgIpc) is 2.70. The molecule has 1 aliphatic rings. The van der Waals surface area contributed by atoms with E-state index in [1.54, 1.807) is 25.3 Å². The number of piperidine rings is 1. The Morgan fingerprint density at radius 2 is 1.86 bits per heavy atom. The largest absolute Gasteiger partial charge is 0.496 e. The van der Waals surface area contributed by atoms with Crippen LogP contribution >= 0.6 is 15.9 Å². The number of anilines is 1. The van der Waals surface area contributed by atoms with Gasteiger partial charge >= 0.3 is 0 Å². The number of hydrogen-bond donors (Lipinski definition) is 2. The third-order valence-electron chi connectivity index (χ3n) is 4.76. The fraction of sp³-hybridized carbons (Fsp3) is 0.333. The summed E-state index contributed by atoms with van der Waals surface area (Å²) in [6, 6.07) is 14.8. The molecule has 0 atom stereocenters. The number of carbonyl (C=O) groups is 2. The third-order valence-corrected chi connectivity index (χ3v) is 5.38. The Morgan fingerprint density at radius 1 is 1.14 bits per heavy atom. The Labute approximate surface area is 173 Å². The first-order valence-corrected chi connectivity index (χ1v) is 10.1. The molecule has 0 aliphatic carbocycles. The molecule has 1 saturated heterocycles. The van der Waals surface area contributed by atoms with Crippen molar-refractivity contribution >= 4 is 33.4 Å². The first-order chi connectivity index (χ1) is 13.5. The zero-order valence-electron chi connectivity index (χ0n) is 15.8. The van der Waals surface area contributed by atoms with Crippen LogP contribution in [0, 0.1) is 0 Å². The Kier molecular flexibility index (Phi) is 7.06. The molecule has 0 radical (unpaired) electrons. The maximum Gasteiger partial charge on any atom is 0.251 e. The van der Waals surface area contributed by atoms with Crippen LogP contribution in [0.15, 0.2) is 53.0 Å². The third kappa shape index (κ3) is 5.56. The van der Waals surface area contributed by atoms with Gasteiger partial charge in [-0.3, -0.25) is 14.5 Å². The van der Waals surface area contributed by atoms with Crippen LogP contribution in [-0.4, -0.2) is 49.5 Å². The Morgan fingerprint density at radius 3 is 2.50 bits per heavy atom. The van der Waals surface area contributed by atoms with Gasteiger partial charge in [-0.05, 0) is 59.1 Å². The van der Waals surface area contributed by atoms with Gasteiger partial charge in [0.25, 0.3) is 5.91 Å². The number of ether oxygens (including phenoxy) is 1. The highest BCUT2D eigenvalue weighted by molar-refractivity contribution is 9.10. The zero-order chi connectivity index (χ0) is 19.9. The smallest absolute Gasteiger partial charge is 0.251 e. The van der Waals surface area contributed by atoms with Gasteiger partial charge in [0.1, 0.15) is 5.75 Å². The molecular formula is C21H24BrN3O3. The van der Waals surface area contributed by atoms with Crippen LogP contribution in [-0.2, 0) is 4.79 Å². The lowest BCUT2D eigenvalue weighted by Gasteiger charge is -2.31. The summed E-state index contributed by atoms with van der Waals surface area (Å²) in [5, 5.41) is 5.99. The van der Waals surface area contributed by atoms with Gasteiger partial charge in [-0.25, -0.2) is 0 Å². The van der Waals surface area contributed by atoms with Crippen molar-refractivity contribution in [3.8, 4) is 5.75 Å². The van der Waals surface area contributed by atoms with Crippen molar-refractivity contribution in [3.05, 3.63) is 58.6 Å². The van der Waals surface area contributed by atoms with Crippen LogP contribution < -0.4 is 15.4 Å². The predicted octanol–water partition coefficient (Wildman–Crippen LogP) is 3.29. The summed E-state index contributed by atoms with van der Waals surface area (Å²) < 4.78 is 5.95. The van der Waals surface area contributed by atoms with Gasteiger partial charge in [0.05, 0.1) is 18.1 Å². The molecule has 1 heterocycles. The molecule has 2 aromatic carbocycles. The van der Waals surface area contributed by atoms with Crippen LogP contribution in [0.1, 0.15) is 23.2 Å². The number of para-hydroxylation sites is 1. The van der Waals surface area contributed by atoms with Crippen LogP contribution in [0.2, 0.25) is 0 Å². The molecule has 148 valence electrons. The van der Waals surface area contributed by atoms with Crippen LogP contribution in [0.4, 0.5) is 5.69 Å². The van der Waals surface area contributed by atoms with Crippen molar-refractivity contribution in [2.24, 2.45) is 0 Å². The summed E-state index contributed by atoms with van der Waals surface area (Å²) in [5.41, 5.74) is 1.40. The second kappa shape index (κ2) is 9.71. The highest BCUT2D eigenvalue weighted by atomic mass is 79.9. The summed E-state index contributed by atoms with van der Waals surface area (Å²) in [5.74, 6) is 0.582. The zero-order valence-corrected chi connectivity index (χ0v) is 17.4. The number of nitrogens with zero attached hydrogens (tertiary/aromatic N) is 1. The topological polar surface area (TPSA) is 70.7 Å². The molecule has 2 aromatic rings. The van der Waals surface area contributed by atoms with E-state index >= 15 is 0 Å². The normalized spacial score (nSPS) is 15.1. The van der Waals surface area contributed by atoms with E-state index in [9.17, 15) is 9.59 Å². The average molecular weight is 446 g/mol. The molecule has 7 heteroatoms. The summed E-state index contributed by atoms with van der Waals surface area (Å²) in [7, 11) is 1.59. The Hall–Kier alpha value is -2.38. The number of halogens is 1. The van der Waals surface area contributed by atoms with Crippen molar-refractivity contribution < 1.29 is 14.3 Å². The van der Waals surface area contributed by atoms with Gasteiger partial charge in [-0.15, -0.1) is 0 Å². The number of benzene rings is 2. The van der Waals surface area contributed by atoms with Gasteiger partial charge < -0.3 is 15.4 Å². The maximum absolute atomic E-state index is 12.5. The predicted molar refractivity (Wildman–Crippen MR) is 113 cm³/mol. The Bertz CT molecular complexity index is 821. The van der Waals surface area contributed by atoms with Gasteiger partial charge in [0.15, 0.2) is 0 Å². The molecule has 1 fully saturated rings. The molecule has 0 spiro atoms. The van der Waals surface area contributed by atoms with Gasteiger partial charge in [-0.1, -0.05) is 18.2 Å². The van der Waals surface area contributed by atoms with E-state index in [0.717, 1.165) is 36.1 Å². The maximum atomic E-state index is 12.5. The van der Waals surface area contributed by atoms with Gasteiger partial charge in [0.2, 0.25) is 5.91 Å². The number of nitrogens with one attached hydrogen (secondary N) is 2. The minimum Gasteiger partial charge on any atom is -0.496 e. The first-order valence-electron chi connectivity index (χ1n) is 9.27. The van der Waals surface area contributed by atoms with Gasteiger partial charge in [0, 0.05) is 30.4 Å². The van der Waals surface area contributed by atoms with E-state index in [1.165, 1.54) is 0 Å². The molecule has 0 bridgehead atoms. The minimum atomic E-state index is -0.0939. The van der Waals surface area contributed by atoms with Crippen molar-refractivity contribution in [2.75, 3.05) is 32.1 Å². The fourth-order valence-corrected chi connectivity index (χ4v) is 3.78. The van der Waals surface area contributed by atoms with Crippen molar-refractivity contribution in [1.29, 1.82) is 0 Å². The number of rotatable bonds is 6. The highest BCUT2D eigenvalue weighted by Gasteiger charge is 2.22. The number of carbonyl (C=O) groups excluding carboxylic acids is 2. The minimum absolute atomic E-state index is 0.0169. The summed E-state index contributed by atoms with van der Waals surface area (Å²) in [6.07, 6.45) is 1.64. The lowest BCUT2D eigenvalue weighted by atomic mass is 10.0. The SMILES string of the molecule is COc1ccc(C(=O)NC2CCN(CC(=O)Nc3ccccc3)CC2)cc1Br. The lowest BCUT2D eigenvalue weighted by Crippen LogP contribution is -2.46. The molecule has 2 amide bonds. The molecule has 0 saturated carbocycles. The van der Waals surface area contributed by atoms with E-state index in [1.807, 2.05) is 30.3 Å². The summed E-state index contributed by atoms with van der Waals surface area (Å²) >= 11 is 3.41. The second-order valence-electron chi connectivity index (χ2n) is 6.79. The number of likely N-dealkylation sites (tertiary alicyclic amines) is 1. The van der Waals surface area contributed by atoms with E-state index in [-0.39, 0.29) is 17.9 Å². The molecule has 0 aromatic heterocycles. The number of amides is 2. The van der Waals surface area contributed by atoms with E-state index < -0.39 is 0 Å². The second-order valence-corrected chi connectivity index (χ2v) is 7.64. The highest BCUT2D eigenvalue weighted by Crippen LogP contribution is 2.25. The summed E-state index contributed by atoms with van der Waals surface area (Å²) in [6.45, 7) is 1.92. The summed E-state index contributed by atoms with van der Waals surface area (Å²) in [4.78, 5) is 26.8. The number of methoxy groups -OCH3 is 1. The van der Waals surface area contributed by atoms with E-state index in [0.29, 0.717) is 17.9 Å². The quantitative estimate of drug-likeness (QED) is 0.715. The van der Waals surface area contributed by atoms with Crippen LogP contribution in [0.25, 0.3) is 0 Å². The standard InChI is InChI=1S/C21H24BrN3O3/c1-28-19-8-7-15(13-18(19)22)21(27)24-17-9-11-25(12-10-17)14-20(26)23-16-5-3-2-4-6-16/h2-8,13,17H,9-12,14H2,1H3,(H,23,26)(H,24,27). The molecular weight excluding hydrogens is 422 g/mol. The molecule has 1 aliphatic heterocycles. The molecule has 2 N–H and O–H groups in total. The van der Waals surface area contributed by atoms with Crippen molar-refractivity contribution in [3.63, 3.8) is 0 Å². The molecule has 28 heavy (non-hydrogen) atoms. The molecule has 0 unspecified atom stereocenters. The molecule has 6 nitrogen and oxygen atoms in total. The Balaban J connectivity index is 1.44. The van der Waals surface area contributed by atoms with Crippen LogP contribution in [0.3, 0.4) is 0 Å². The number of hydrogen-bond acceptors (Lipinski definition) is 4. The van der Waals surface area contributed by atoms with Crippen molar-refractivity contribution in [2.45, 2.75) is 18.9 Å². The van der Waals surface area contributed by atoms with E-state index in [2.05, 4.69) is 31.5 Å². The lowest BCUT2D eigenvalue weighted by molar-refractivity contribution is -0.117. The van der Waals surface area contributed by atoms with Crippen LogP contribution in [0.5, 0.6) is 5.75 Å².